The minimum Gasteiger partial charge on any atom is -0.465 e. The van der Waals surface area contributed by atoms with Crippen LogP contribution in [0.5, 0.6) is 0 Å². The summed E-state index contributed by atoms with van der Waals surface area (Å²) in [5, 5.41) is 0.564. The molecule has 5 rings (SSSR count). The third kappa shape index (κ3) is 4.76. The smallest absolute Gasteiger partial charge is 0.344 e. The quantitative estimate of drug-likeness (QED) is 0.371. The van der Waals surface area contributed by atoms with E-state index in [-0.39, 0.29) is 66.1 Å². The number of carbonyl (C=O) groups is 2. The number of hydrogen-bond acceptors (Lipinski definition) is 7. The topological polar surface area (TPSA) is 131 Å². The van der Waals surface area contributed by atoms with Crippen LogP contribution in [0.2, 0.25) is 0 Å². The molecule has 1 aliphatic rings. The summed E-state index contributed by atoms with van der Waals surface area (Å²) in [7, 11) is 1.13. The number of nitrogens with two attached hydrogens (primary N) is 1. The number of pyridine rings is 3. The van der Waals surface area contributed by atoms with E-state index in [2.05, 4.69) is 9.97 Å². The predicted octanol–water partition coefficient (Wildman–Crippen LogP) is 4.07. The fourth-order valence-electron chi connectivity index (χ4n) is 4.72. The van der Waals surface area contributed by atoms with Crippen LogP contribution in [0.4, 0.5) is 14.6 Å². The van der Waals surface area contributed by atoms with Crippen LogP contribution < -0.4 is 16.1 Å². The summed E-state index contributed by atoms with van der Waals surface area (Å²) in [6.45, 7) is 0.349. The van der Waals surface area contributed by atoms with Crippen LogP contribution in [0.15, 0.2) is 47.4 Å². The SMILES string of the molecule is COC(=O)c1c(-c2cc3ccccc3nc2N2CCCC(F)(F)CC2)[nH]c2ccnc(C(N)=O)c2c1=O.Cl. The first-order chi connectivity index (χ1) is 17.7. The molecule has 1 aliphatic heterocycles. The van der Waals surface area contributed by atoms with E-state index in [9.17, 15) is 23.2 Å². The second-order valence-electron chi connectivity index (χ2n) is 8.89. The molecule has 0 saturated carbocycles. The summed E-state index contributed by atoms with van der Waals surface area (Å²) in [5.74, 6) is -4.32. The third-order valence-corrected chi connectivity index (χ3v) is 6.53. The first-order valence-electron chi connectivity index (χ1n) is 11.7. The number of benzene rings is 1. The van der Waals surface area contributed by atoms with Gasteiger partial charge in [-0.15, -0.1) is 12.4 Å². The molecule has 1 fully saturated rings. The maximum Gasteiger partial charge on any atom is 0.344 e. The Morgan fingerprint density at radius 2 is 1.92 bits per heavy atom. The predicted molar refractivity (Wildman–Crippen MR) is 141 cm³/mol. The van der Waals surface area contributed by atoms with E-state index in [0.717, 1.165) is 7.11 Å². The Morgan fingerprint density at radius 1 is 1.16 bits per heavy atom. The van der Waals surface area contributed by atoms with Crippen molar-refractivity contribution in [1.29, 1.82) is 0 Å². The number of aromatic nitrogens is 3. The van der Waals surface area contributed by atoms with Gasteiger partial charge in [0.15, 0.2) is 0 Å². The maximum atomic E-state index is 14.2. The lowest BCUT2D eigenvalue weighted by Crippen LogP contribution is -2.28. The molecule has 1 aromatic carbocycles. The van der Waals surface area contributed by atoms with Gasteiger partial charge in [-0.05, 0) is 24.6 Å². The van der Waals surface area contributed by atoms with E-state index in [4.69, 9.17) is 15.5 Å². The number of alkyl halides is 2. The molecular weight excluding hydrogens is 520 g/mol. The zero-order valence-electron chi connectivity index (χ0n) is 20.3. The lowest BCUT2D eigenvalue weighted by Gasteiger charge is -2.25. The summed E-state index contributed by atoms with van der Waals surface area (Å²) in [5.41, 5.74) is 5.28. The fourth-order valence-corrected chi connectivity index (χ4v) is 4.72. The molecule has 0 spiro atoms. The second kappa shape index (κ2) is 10.3. The lowest BCUT2D eigenvalue weighted by atomic mass is 10.00. The molecule has 1 amide bonds. The normalized spacial score (nSPS) is 15.1. The molecule has 198 valence electrons. The molecule has 38 heavy (non-hydrogen) atoms. The number of para-hydroxylation sites is 1. The van der Waals surface area contributed by atoms with Gasteiger partial charge in [-0.1, -0.05) is 18.2 Å². The Labute approximate surface area is 221 Å². The monoisotopic (exact) mass is 543 g/mol. The van der Waals surface area contributed by atoms with Crippen LogP contribution >= 0.6 is 12.4 Å². The average Bonchev–Trinajstić information content (AvgIpc) is 3.07. The lowest BCUT2D eigenvalue weighted by molar-refractivity contribution is -0.0102. The number of amides is 1. The molecule has 0 aliphatic carbocycles. The summed E-state index contributed by atoms with van der Waals surface area (Å²) in [6.07, 6.45) is 0.964. The van der Waals surface area contributed by atoms with E-state index in [1.54, 1.807) is 17.0 Å². The summed E-state index contributed by atoms with van der Waals surface area (Å²) in [4.78, 5) is 52.0. The number of hydrogen-bond donors (Lipinski definition) is 2. The van der Waals surface area contributed by atoms with Crippen molar-refractivity contribution in [2.24, 2.45) is 5.73 Å². The van der Waals surface area contributed by atoms with E-state index in [1.807, 2.05) is 18.2 Å². The number of primary amides is 1. The number of carbonyl (C=O) groups excluding carboxylic acids is 2. The number of nitrogens with one attached hydrogen (secondary N) is 1. The molecular formula is C26H24ClF2N5O4. The van der Waals surface area contributed by atoms with E-state index in [1.165, 1.54) is 12.3 Å². The first kappa shape index (κ1) is 26.9. The molecule has 0 unspecified atom stereocenters. The fraction of sp³-hybridized carbons (Fsp3) is 0.269. The zero-order chi connectivity index (χ0) is 26.3. The van der Waals surface area contributed by atoms with Crippen LogP contribution in [-0.4, -0.2) is 53.0 Å². The molecule has 4 aromatic rings. The molecule has 9 nitrogen and oxygen atoms in total. The Balaban J connectivity index is 0.00000336. The summed E-state index contributed by atoms with van der Waals surface area (Å²) < 4.78 is 33.3. The molecule has 0 radical (unpaired) electrons. The van der Waals surface area contributed by atoms with Gasteiger partial charge in [0.25, 0.3) is 5.91 Å². The van der Waals surface area contributed by atoms with Gasteiger partial charge in [0.1, 0.15) is 17.1 Å². The average molecular weight is 544 g/mol. The number of methoxy groups -OCH3 is 1. The number of nitrogens with zero attached hydrogens (tertiary/aromatic N) is 3. The van der Waals surface area contributed by atoms with Crippen molar-refractivity contribution in [3.05, 3.63) is 64.1 Å². The minimum absolute atomic E-state index is 0. The number of aromatic amines is 1. The number of esters is 1. The maximum absolute atomic E-state index is 14.2. The van der Waals surface area contributed by atoms with E-state index < -0.39 is 23.2 Å². The largest absolute Gasteiger partial charge is 0.465 e. The molecule has 12 heteroatoms. The Morgan fingerprint density at radius 3 is 2.66 bits per heavy atom. The standard InChI is InChI=1S/C26H23F2N5O4.ClH/c1-37-25(36)19-20(31-17-7-10-30-21(23(29)35)18(17)22(19)34)15-13-14-5-2-3-6-16(14)32-24(15)33-11-4-8-26(27,28)9-12-33;/h2-3,5-7,10,13H,4,8-9,11-12H2,1H3,(H2,29,35)(H,31,34);1H. The third-order valence-electron chi connectivity index (χ3n) is 6.53. The molecule has 0 bridgehead atoms. The van der Waals surface area contributed by atoms with Crippen LogP contribution in [0.25, 0.3) is 33.1 Å². The Hall–Kier alpha value is -4.12. The first-order valence-corrected chi connectivity index (χ1v) is 11.7. The van der Waals surface area contributed by atoms with Gasteiger partial charge >= 0.3 is 5.97 Å². The Bertz CT molecular complexity index is 1630. The van der Waals surface area contributed by atoms with Crippen molar-refractivity contribution in [3.63, 3.8) is 0 Å². The van der Waals surface area contributed by atoms with Crippen molar-refractivity contribution in [3.8, 4) is 11.3 Å². The van der Waals surface area contributed by atoms with Crippen molar-refractivity contribution in [2.45, 2.75) is 25.2 Å². The molecule has 1 saturated heterocycles. The highest BCUT2D eigenvalue weighted by atomic mass is 35.5. The van der Waals surface area contributed by atoms with Crippen molar-refractivity contribution < 1.29 is 23.1 Å². The second-order valence-corrected chi connectivity index (χ2v) is 8.89. The van der Waals surface area contributed by atoms with Crippen molar-refractivity contribution >= 4 is 51.9 Å². The number of H-pyrrole nitrogens is 1. The van der Waals surface area contributed by atoms with Crippen molar-refractivity contribution in [1.82, 2.24) is 15.0 Å². The van der Waals surface area contributed by atoms with Crippen molar-refractivity contribution in [2.75, 3.05) is 25.1 Å². The van der Waals surface area contributed by atoms with Crippen LogP contribution in [0.1, 0.15) is 40.1 Å². The number of rotatable bonds is 4. The Kier molecular flexibility index (Phi) is 7.32. The highest BCUT2D eigenvalue weighted by molar-refractivity contribution is 6.08. The number of anilines is 1. The van der Waals surface area contributed by atoms with E-state index in [0.29, 0.717) is 28.8 Å². The van der Waals surface area contributed by atoms with Gasteiger partial charge in [-0.2, -0.15) is 0 Å². The number of fused-ring (bicyclic) bond motifs is 2. The minimum atomic E-state index is -2.79. The molecule has 3 aromatic heterocycles. The van der Waals surface area contributed by atoms with Crippen LogP contribution in [0.3, 0.4) is 0 Å². The number of ether oxygens (including phenoxy) is 1. The van der Waals surface area contributed by atoms with Gasteiger partial charge < -0.3 is 20.4 Å². The van der Waals surface area contributed by atoms with E-state index >= 15 is 0 Å². The molecule has 4 heterocycles. The van der Waals surface area contributed by atoms with Gasteiger partial charge in [-0.25, -0.2) is 18.6 Å². The van der Waals surface area contributed by atoms with Crippen LogP contribution in [0, 0.1) is 0 Å². The van der Waals surface area contributed by atoms with Gasteiger partial charge in [-0.3, -0.25) is 14.6 Å². The molecule has 0 atom stereocenters. The molecule has 3 N–H and O–H groups in total. The van der Waals surface area contributed by atoms with Gasteiger partial charge in [0.2, 0.25) is 11.4 Å². The van der Waals surface area contributed by atoms with Crippen LogP contribution in [-0.2, 0) is 4.74 Å². The zero-order valence-corrected chi connectivity index (χ0v) is 21.1. The summed E-state index contributed by atoms with van der Waals surface area (Å²) in [6, 6.07) is 10.5. The van der Waals surface area contributed by atoms with Gasteiger partial charge in [0, 0.05) is 43.1 Å². The highest BCUT2D eigenvalue weighted by Gasteiger charge is 2.34. The van der Waals surface area contributed by atoms with Gasteiger partial charge in [0.05, 0.1) is 29.2 Å². The number of halogens is 3. The highest BCUT2D eigenvalue weighted by Crippen LogP contribution is 2.37. The summed E-state index contributed by atoms with van der Waals surface area (Å²) >= 11 is 0.